The van der Waals surface area contributed by atoms with Crippen molar-refractivity contribution in [1.82, 2.24) is 5.43 Å². The third kappa shape index (κ3) is 2.93. The van der Waals surface area contributed by atoms with E-state index >= 15 is 0 Å². The maximum Gasteiger partial charge on any atom is 0.119 e. The van der Waals surface area contributed by atoms with E-state index in [2.05, 4.69) is 47.9 Å². The summed E-state index contributed by atoms with van der Waals surface area (Å²) in [4.78, 5) is 1.21. The standard InChI is InChI=1S/C17H18N2OS/c1-2-20-14-9-7-12(8-10-14)17(19-18)16-11-13-5-3-4-6-15(13)21-16/h3-11,17,19H,2,18H2,1H3. The number of hydrazine groups is 1. The molecule has 21 heavy (non-hydrogen) atoms. The van der Waals surface area contributed by atoms with Gasteiger partial charge in [-0.3, -0.25) is 5.84 Å². The van der Waals surface area contributed by atoms with Gasteiger partial charge in [-0.2, -0.15) is 0 Å². The van der Waals surface area contributed by atoms with Gasteiger partial charge in [0.25, 0.3) is 0 Å². The van der Waals surface area contributed by atoms with Crippen LogP contribution in [0.4, 0.5) is 0 Å². The van der Waals surface area contributed by atoms with Crippen molar-refractivity contribution >= 4 is 21.4 Å². The number of hydrogen-bond acceptors (Lipinski definition) is 4. The second kappa shape index (κ2) is 6.26. The van der Waals surface area contributed by atoms with Gasteiger partial charge in [0.2, 0.25) is 0 Å². The van der Waals surface area contributed by atoms with Crippen LogP contribution in [0.2, 0.25) is 0 Å². The Hall–Kier alpha value is -1.88. The van der Waals surface area contributed by atoms with Crippen LogP contribution >= 0.6 is 11.3 Å². The molecule has 0 saturated heterocycles. The van der Waals surface area contributed by atoms with Crippen LogP contribution < -0.4 is 16.0 Å². The highest BCUT2D eigenvalue weighted by atomic mass is 32.1. The lowest BCUT2D eigenvalue weighted by molar-refractivity contribution is 0.340. The van der Waals surface area contributed by atoms with Crippen LogP contribution in [0.3, 0.4) is 0 Å². The van der Waals surface area contributed by atoms with Gasteiger partial charge in [-0.15, -0.1) is 11.3 Å². The summed E-state index contributed by atoms with van der Waals surface area (Å²) in [7, 11) is 0. The minimum Gasteiger partial charge on any atom is -0.494 e. The summed E-state index contributed by atoms with van der Waals surface area (Å²) in [6, 6.07) is 18.6. The van der Waals surface area contributed by atoms with Gasteiger partial charge in [-0.05, 0) is 42.1 Å². The fraction of sp³-hybridized carbons (Fsp3) is 0.176. The summed E-state index contributed by atoms with van der Waals surface area (Å²) >= 11 is 1.77. The molecule has 2 aromatic carbocycles. The fourth-order valence-electron chi connectivity index (χ4n) is 2.41. The molecule has 4 heteroatoms. The Kier molecular flexibility index (Phi) is 4.20. The van der Waals surface area contributed by atoms with E-state index in [-0.39, 0.29) is 6.04 Å². The summed E-state index contributed by atoms with van der Waals surface area (Å²) in [5, 5.41) is 1.25. The van der Waals surface area contributed by atoms with Crippen molar-refractivity contribution < 1.29 is 4.74 Å². The van der Waals surface area contributed by atoms with Crippen molar-refractivity contribution in [3.8, 4) is 5.75 Å². The van der Waals surface area contributed by atoms with Crippen molar-refractivity contribution in [3.05, 3.63) is 65.0 Å². The van der Waals surface area contributed by atoms with E-state index in [9.17, 15) is 0 Å². The minimum atomic E-state index is -0.00178. The Labute approximate surface area is 128 Å². The third-order valence-corrected chi connectivity index (χ3v) is 4.60. The van der Waals surface area contributed by atoms with Crippen LogP contribution in [-0.2, 0) is 0 Å². The summed E-state index contributed by atoms with van der Waals surface area (Å²) in [6.07, 6.45) is 0. The van der Waals surface area contributed by atoms with Crippen molar-refractivity contribution in [2.24, 2.45) is 5.84 Å². The van der Waals surface area contributed by atoms with E-state index in [1.165, 1.54) is 15.0 Å². The molecule has 0 aliphatic rings. The summed E-state index contributed by atoms with van der Waals surface area (Å²) in [6.45, 7) is 2.66. The maximum absolute atomic E-state index is 5.78. The third-order valence-electron chi connectivity index (χ3n) is 3.42. The second-order valence-corrected chi connectivity index (χ2v) is 5.90. The predicted molar refractivity (Wildman–Crippen MR) is 88.6 cm³/mol. The highest BCUT2D eigenvalue weighted by molar-refractivity contribution is 7.19. The van der Waals surface area contributed by atoms with Crippen LogP contribution in [0.15, 0.2) is 54.6 Å². The Bertz CT molecular complexity index is 688. The van der Waals surface area contributed by atoms with Crippen molar-refractivity contribution in [2.45, 2.75) is 13.0 Å². The van der Waals surface area contributed by atoms with E-state index in [1.807, 2.05) is 19.1 Å². The number of fused-ring (bicyclic) bond motifs is 1. The van der Waals surface area contributed by atoms with E-state index in [0.717, 1.165) is 11.3 Å². The number of hydrogen-bond donors (Lipinski definition) is 2. The zero-order valence-corrected chi connectivity index (χ0v) is 12.7. The molecule has 0 radical (unpaired) electrons. The average Bonchev–Trinajstić information content (AvgIpc) is 2.93. The molecule has 1 aromatic heterocycles. The molecule has 1 unspecified atom stereocenters. The highest BCUT2D eigenvalue weighted by Gasteiger charge is 2.15. The van der Waals surface area contributed by atoms with Crippen LogP contribution in [0.1, 0.15) is 23.4 Å². The molecule has 0 saturated carbocycles. The molecule has 0 bridgehead atoms. The lowest BCUT2D eigenvalue weighted by Crippen LogP contribution is -2.28. The van der Waals surface area contributed by atoms with E-state index in [1.54, 1.807) is 11.3 Å². The molecule has 0 amide bonds. The number of nitrogens with one attached hydrogen (secondary N) is 1. The lowest BCUT2D eigenvalue weighted by atomic mass is 10.1. The van der Waals surface area contributed by atoms with Gasteiger partial charge < -0.3 is 4.74 Å². The molecule has 3 rings (SSSR count). The highest BCUT2D eigenvalue weighted by Crippen LogP contribution is 2.33. The zero-order chi connectivity index (χ0) is 14.7. The van der Waals surface area contributed by atoms with Crippen LogP contribution in [-0.4, -0.2) is 6.61 Å². The summed E-state index contributed by atoms with van der Waals surface area (Å²) in [5.74, 6) is 6.66. The quantitative estimate of drug-likeness (QED) is 0.555. The van der Waals surface area contributed by atoms with E-state index in [4.69, 9.17) is 10.6 Å². The number of benzene rings is 2. The van der Waals surface area contributed by atoms with E-state index in [0.29, 0.717) is 6.61 Å². The number of nitrogens with two attached hydrogens (primary N) is 1. The largest absolute Gasteiger partial charge is 0.494 e. The minimum absolute atomic E-state index is 0.00178. The number of rotatable bonds is 5. The first-order valence-electron chi connectivity index (χ1n) is 6.99. The molecule has 0 aliphatic heterocycles. The molecule has 0 fully saturated rings. The predicted octanol–water partition coefficient (Wildman–Crippen LogP) is 3.85. The molecular formula is C17H18N2OS. The molecular weight excluding hydrogens is 280 g/mol. The lowest BCUT2D eigenvalue weighted by Gasteiger charge is -2.15. The van der Waals surface area contributed by atoms with Gasteiger partial charge in [-0.1, -0.05) is 30.3 Å². The Balaban J connectivity index is 1.93. The van der Waals surface area contributed by atoms with Crippen molar-refractivity contribution in [1.29, 1.82) is 0 Å². The first kappa shape index (κ1) is 14.1. The van der Waals surface area contributed by atoms with E-state index < -0.39 is 0 Å². The van der Waals surface area contributed by atoms with Crippen LogP contribution in [0.25, 0.3) is 10.1 Å². The Morgan fingerprint density at radius 3 is 2.57 bits per heavy atom. The molecule has 3 aromatic rings. The topological polar surface area (TPSA) is 47.3 Å². The molecule has 108 valence electrons. The molecule has 1 atom stereocenters. The second-order valence-electron chi connectivity index (χ2n) is 4.79. The first-order valence-corrected chi connectivity index (χ1v) is 7.81. The van der Waals surface area contributed by atoms with Gasteiger partial charge in [0.15, 0.2) is 0 Å². The fourth-order valence-corrected chi connectivity index (χ4v) is 3.56. The zero-order valence-electron chi connectivity index (χ0n) is 11.9. The molecule has 1 heterocycles. The van der Waals surface area contributed by atoms with Gasteiger partial charge >= 0.3 is 0 Å². The monoisotopic (exact) mass is 298 g/mol. The summed E-state index contributed by atoms with van der Waals surface area (Å²) < 4.78 is 6.76. The van der Waals surface area contributed by atoms with Crippen molar-refractivity contribution in [3.63, 3.8) is 0 Å². The summed E-state index contributed by atoms with van der Waals surface area (Å²) in [5.41, 5.74) is 4.05. The SMILES string of the molecule is CCOc1ccc(C(NN)c2cc3ccccc3s2)cc1. The number of ether oxygens (including phenoxy) is 1. The average molecular weight is 298 g/mol. The molecule has 3 nitrogen and oxygen atoms in total. The Morgan fingerprint density at radius 2 is 1.90 bits per heavy atom. The van der Waals surface area contributed by atoms with Gasteiger partial charge in [0, 0.05) is 9.58 Å². The van der Waals surface area contributed by atoms with Gasteiger partial charge in [-0.25, -0.2) is 5.43 Å². The smallest absolute Gasteiger partial charge is 0.119 e. The molecule has 0 spiro atoms. The van der Waals surface area contributed by atoms with Crippen molar-refractivity contribution in [2.75, 3.05) is 6.61 Å². The van der Waals surface area contributed by atoms with Crippen LogP contribution in [0.5, 0.6) is 5.75 Å². The molecule has 0 aliphatic carbocycles. The Morgan fingerprint density at radius 1 is 1.14 bits per heavy atom. The maximum atomic E-state index is 5.78. The van der Waals surface area contributed by atoms with Crippen LogP contribution in [0, 0.1) is 0 Å². The van der Waals surface area contributed by atoms with Gasteiger partial charge in [0.1, 0.15) is 5.75 Å². The first-order chi connectivity index (χ1) is 10.3. The normalized spacial score (nSPS) is 12.5. The van der Waals surface area contributed by atoms with Gasteiger partial charge in [0.05, 0.1) is 12.6 Å². The number of thiophene rings is 1. The molecule has 3 N–H and O–H groups in total.